The fourth-order valence-electron chi connectivity index (χ4n) is 1.28. The lowest BCUT2D eigenvalue weighted by Crippen LogP contribution is -1.89. The molecule has 0 aliphatic rings. The number of benzene rings is 2. The number of anilines is 2. The molecule has 6 nitrogen and oxygen atoms in total. The van der Waals surface area contributed by atoms with E-state index in [1.807, 2.05) is 18.2 Å². The van der Waals surface area contributed by atoms with Crippen molar-refractivity contribution in [1.82, 2.24) is 0 Å². The number of nitrogens with two attached hydrogens (primary N) is 2. The summed E-state index contributed by atoms with van der Waals surface area (Å²) in [5.74, 6) is 0.801. The SMILES string of the molecule is COc1cccc(N)c1.Nc1cccc([N+](=O)[O-])c1. The quantitative estimate of drug-likeness (QED) is 0.491. The molecule has 0 unspecified atom stereocenters. The summed E-state index contributed by atoms with van der Waals surface area (Å²) in [6.07, 6.45) is 0. The Morgan fingerprint density at radius 3 is 2.00 bits per heavy atom. The second kappa shape index (κ2) is 6.85. The minimum atomic E-state index is -0.476. The number of nitrogens with zero attached hydrogens (tertiary/aromatic N) is 1. The summed E-state index contributed by atoms with van der Waals surface area (Å²) in [5.41, 5.74) is 11.9. The number of nitro benzene ring substituents is 1. The molecule has 0 saturated heterocycles. The molecule has 0 atom stereocenters. The molecule has 0 fully saturated rings. The van der Waals surface area contributed by atoms with E-state index in [0.29, 0.717) is 5.69 Å². The Labute approximate surface area is 110 Å². The van der Waals surface area contributed by atoms with Gasteiger partial charge in [-0.3, -0.25) is 10.1 Å². The summed E-state index contributed by atoms with van der Waals surface area (Å²) in [7, 11) is 1.62. The van der Waals surface area contributed by atoms with Gasteiger partial charge in [0.25, 0.3) is 5.69 Å². The first-order chi connectivity index (χ1) is 9.02. The molecule has 2 aromatic carbocycles. The van der Waals surface area contributed by atoms with Crippen LogP contribution in [0.15, 0.2) is 48.5 Å². The standard InChI is InChI=1S/C7H9NO.C6H6N2O2/c1-9-7-4-2-3-6(8)5-7;7-5-2-1-3-6(4-5)8(9)10/h2-5H,8H2,1H3;1-4H,7H2. The molecule has 0 heterocycles. The van der Waals surface area contributed by atoms with Crippen molar-refractivity contribution in [2.75, 3.05) is 18.6 Å². The van der Waals surface area contributed by atoms with Crippen molar-refractivity contribution < 1.29 is 9.66 Å². The molecule has 0 radical (unpaired) electrons. The lowest BCUT2D eigenvalue weighted by Gasteiger charge is -1.97. The Kier molecular flexibility index (Phi) is 5.16. The van der Waals surface area contributed by atoms with Crippen LogP contribution in [0, 0.1) is 10.1 Å². The van der Waals surface area contributed by atoms with E-state index in [1.54, 1.807) is 25.3 Å². The van der Waals surface area contributed by atoms with Gasteiger partial charge in [0, 0.05) is 29.6 Å². The maximum absolute atomic E-state index is 10.1. The second-order valence-corrected chi connectivity index (χ2v) is 3.63. The van der Waals surface area contributed by atoms with E-state index in [2.05, 4.69) is 0 Å². The van der Waals surface area contributed by atoms with Gasteiger partial charge in [0.15, 0.2) is 0 Å². The van der Waals surface area contributed by atoms with Gasteiger partial charge in [-0.1, -0.05) is 12.1 Å². The fraction of sp³-hybridized carbons (Fsp3) is 0.0769. The first-order valence-electron chi connectivity index (χ1n) is 5.42. The van der Waals surface area contributed by atoms with Crippen LogP contribution in [0.2, 0.25) is 0 Å². The van der Waals surface area contributed by atoms with Crippen molar-refractivity contribution in [3.63, 3.8) is 0 Å². The van der Waals surface area contributed by atoms with Crippen LogP contribution < -0.4 is 16.2 Å². The van der Waals surface area contributed by atoms with Crippen LogP contribution in [-0.4, -0.2) is 12.0 Å². The lowest BCUT2D eigenvalue weighted by atomic mass is 10.3. The molecule has 0 spiro atoms. The Hall–Kier alpha value is -2.76. The van der Waals surface area contributed by atoms with Crippen LogP contribution in [0.5, 0.6) is 5.75 Å². The van der Waals surface area contributed by atoms with Crippen molar-refractivity contribution in [1.29, 1.82) is 0 Å². The molecule has 0 bridgehead atoms. The minimum absolute atomic E-state index is 0.0278. The molecule has 2 rings (SSSR count). The van der Waals surface area contributed by atoms with E-state index >= 15 is 0 Å². The van der Waals surface area contributed by atoms with Crippen LogP contribution in [0.3, 0.4) is 0 Å². The molecule has 100 valence electrons. The van der Waals surface area contributed by atoms with Gasteiger partial charge >= 0.3 is 0 Å². The summed E-state index contributed by atoms with van der Waals surface area (Å²) >= 11 is 0. The summed E-state index contributed by atoms with van der Waals surface area (Å²) in [4.78, 5) is 9.63. The Morgan fingerprint density at radius 1 is 1.05 bits per heavy atom. The Bertz CT molecular complexity index is 558. The second-order valence-electron chi connectivity index (χ2n) is 3.63. The van der Waals surface area contributed by atoms with Gasteiger partial charge in [0.2, 0.25) is 0 Å². The van der Waals surface area contributed by atoms with Crippen LogP contribution in [-0.2, 0) is 0 Å². The molecule has 0 aliphatic carbocycles. The maximum atomic E-state index is 10.1. The van der Waals surface area contributed by atoms with Crippen molar-refractivity contribution in [3.05, 3.63) is 58.6 Å². The van der Waals surface area contributed by atoms with Crippen molar-refractivity contribution in [2.45, 2.75) is 0 Å². The molecule has 0 saturated carbocycles. The topological polar surface area (TPSA) is 104 Å². The number of ether oxygens (including phenoxy) is 1. The van der Waals surface area contributed by atoms with Crippen LogP contribution in [0.1, 0.15) is 0 Å². The number of non-ortho nitro benzene ring substituents is 1. The smallest absolute Gasteiger partial charge is 0.271 e. The van der Waals surface area contributed by atoms with Gasteiger partial charge in [0.1, 0.15) is 5.75 Å². The maximum Gasteiger partial charge on any atom is 0.271 e. The number of nitro groups is 1. The Morgan fingerprint density at radius 2 is 1.63 bits per heavy atom. The van der Waals surface area contributed by atoms with Crippen LogP contribution in [0.4, 0.5) is 17.1 Å². The summed E-state index contributed by atoms with van der Waals surface area (Å²) < 4.78 is 4.92. The highest BCUT2D eigenvalue weighted by atomic mass is 16.6. The van der Waals surface area contributed by atoms with Crippen molar-refractivity contribution >= 4 is 17.1 Å². The monoisotopic (exact) mass is 261 g/mol. The highest BCUT2D eigenvalue weighted by Crippen LogP contribution is 2.13. The first kappa shape index (κ1) is 14.3. The van der Waals surface area contributed by atoms with Gasteiger partial charge in [0.05, 0.1) is 12.0 Å². The average molecular weight is 261 g/mol. The van der Waals surface area contributed by atoms with Gasteiger partial charge < -0.3 is 16.2 Å². The number of methoxy groups -OCH3 is 1. The van der Waals surface area contributed by atoms with E-state index in [0.717, 1.165) is 11.4 Å². The zero-order chi connectivity index (χ0) is 14.3. The number of hydrogen-bond donors (Lipinski definition) is 2. The lowest BCUT2D eigenvalue weighted by molar-refractivity contribution is -0.384. The molecule has 0 aromatic heterocycles. The molecule has 19 heavy (non-hydrogen) atoms. The van der Waals surface area contributed by atoms with E-state index in [9.17, 15) is 10.1 Å². The molecule has 0 amide bonds. The van der Waals surface area contributed by atoms with E-state index in [1.165, 1.54) is 12.1 Å². The molecule has 6 heteroatoms. The zero-order valence-electron chi connectivity index (χ0n) is 10.4. The third-order valence-corrected chi connectivity index (χ3v) is 2.17. The third-order valence-electron chi connectivity index (χ3n) is 2.17. The predicted octanol–water partition coefficient (Wildman–Crippen LogP) is 2.45. The fourth-order valence-corrected chi connectivity index (χ4v) is 1.28. The number of nitrogen functional groups attached to an aromatic ring is 2. The van der Waals surface area contributed by atoms with Crippen LogP contribution >= 0.6 is 0 Å². The largest absolute Gasteiger partial charge is 0.497 e. The highest BCUT2D eigenvalue weighted by molar-refractivity contribution is 5.46. The highest BCUT2D eigenvalue weighted by Gasteiger charge is 2.02. The summed E-state index contributed by atoms with van der Waals surface area (Å²) in [6.45, 7) is 0. The molecular formula is C13H15N3O3. The van der Waals surface area contributed by atoms with Gasteiger partial charge in [-0.15, -0.1) is 0 Å². The predicted molar refractivity (Wildman–Crippen MR) is 74.9 cm³/mol. The third kappa shape index (κ3) is 4.95. The van der Waals surface area contributed by atoms with Gasteiger partial charge in [-0.2, -0.15) is 0 Å². The van der Waals surface area contributed by atoms with Crippen LogP contribution in [0.25, 0.3) is 0 Å². The van der Waals surface area contributed by atoms with Crippen molar-refractivity contribution in [2.24, 2.45) is 0 Å². The number of rotatable bonds is 2. The van der Waals surface area contributed by atoms with Gasteiger partial charge in [-0.05, 0) is 18.2 Å². The summed E-state index contributed by atoms with van der Waals surface area (Å²) in [5, 5.41) is 10.1. The average Bonchev–Trinajstić information content (AvgIpc) is 2.39. The van der Waals surface area contributed by atoms with E-state index < -0.39 is 4.92 Å². The molecule has 4 N–H and O–H groups in total. The molecule has 0 aliphatic heterocycles. The van der Waals surface area contributed by atoms with Gasteiger partial charge in [-0.25, -0.2) is 0 Å². The minimum Gasteiger partial charge on any atom is -0.497 e. The number of hydrogen-bond acceptors (Lipinski definition) is 5. The molecular weight excluding hydrogens is 246 g/mol. The van der Waals surface area contributed by atoms with E-state index in [-0.39, 0.29) is 5.69 Å². The van der Waals surface area contributed by atoms with E-state index in [4.69, 9.17) is 16.2 Å². The normalized spacial score (nSPS) is 9.11. The first-order valence-corrected chi connectivity index (χ1v) is 5.42. The molecule has 2 aromatic rings. The zero-order valence-corrected chi connectivity index (χ0v) is 10.4. The Balaban J connectivity index is 0.000000191. The summed E-state index contributed by atoms with van der Waals surface area (Å²) in [6, 6.07) is 13.2. The van der Waals surface area contributed by atoms with Crippen molar-refractivity contribution in [3.8, 4) is 5.75 Å².